The fourth-order valence-corrected chi connectivity index (χ4v) is 36.0. The van der Waals surface area contributed by atoms with Gasteiger partial charge in [-0.15, -0.1) is 0 Å². The highest BCUT2D eigenvalue weighted by Gasteiger charge is 2.70. The standard InChI is InChI=1S/C43H57N5O4.C33H50BrN.C16H21BN4O6/c44-35-16-24(47(49)50)15-33-34(37(48(51)52)17-36(45)43(33)35)20-46-18-22-7-9-27-31-13-11-29-25-5-1-3-21-4-2-6-26(39(21)25)30-12-14-32(42(31)41(29)30)28-10-8-23(19-46)38(22)40(27)28;34-17-35-15-19-7-9-23-27-13-11-25-21-5-1-3-18-4-2-6-22(30(18)21)26-12-14-28(33(27)32(25)26)24-10-8-20(16-35)29(19)31(23)24;1-8(2)26-17(27-9(3)4)16-11-5-10(20(22)23)6-12(18)15(11)13(19)7-14(16)21(24)25/h15-17,21-23,25-32,38-42H,1-14,18-20,44-45H2;18-33H,1-17H2;5-9H,18-19H2,1-4H3. The van der Waals surface area contributed by atoms with Crippen LogP contribution in [0.1, 0.15) is 213 Å². The first-order valence-electron chi connectivity index (χ1n) is 46.3. The van der Waals surface area contributed by atoms with Crippen molar-refractivity contribution in [3.63, 3.8) is 0 Å². The number of nitro groups is 4. The Morgan fingerprint density at radius 3 is 0.974 bits per heavy atom. The van der Waals surface area contributed by atoms with Crippen LogP contribution in [0.15, 0.2) is 36.4 Å². The van der Waals surface area contributed by atoms with Gasteiger partial charge in [-0.1, -0.05) is 67.3 Å². The maximum Gasteiger partial charge on any atom is 0.501 e. The van der Waals surface area contributed by atoms with Gasteiger partial charge in [0.05, 0.1) is 36.2 Å². The summed E-state index contributed by atoms with van der Waals surface area (Å²) in [6, 6.07) is 7.71. The molecule has 0 aromatic heterocycles. The van der Waals surface area contributed by atoms with Crippen molar-refractivity contribution in [2.45, 2.75) is 226 Å². The van der Waals surface area contributed by atoms with Crippen molar-refractivity contribution >= 4 is 95.6 Å². The Balaban J connectivity index is 0.000000118. The maximum atomic E-state index is 12.4. The van der Waals surface area contributed by atoms with Crippen molar-refractivity contribution in [1.29, 1.82) is 0 Å². The molecule has 0 bridgehead atoms. The highest BCUT2D eigenvalue weighted by Crippen LogP contribution is 2.76. The van der Waals surface area contributed by atoms with Crippen LogP contribution in [0.2, 0.25) is 0 Å². The number of non-ortho nitro benzene ring substituents is 2. The number of nitrogens with zero attached hydrogens (tertiary/aromatic N) is 6. The number of hydrogen-bond acceptors (Lipinski definition) is 16. The molecule has 20 unspecified atom stereocenters. The molecule has 0 amide bonds. The summed E-state index contributed by atoms with van der Waals surface area (Å²) in [4.78, 5) is 50.3. The van der Waals surface area contributed by atoms with E-state index < -0.39 is 21.9 Å². The van der Waals surface area contributed by atoms with Crippen LogP contribution in [0.5, 0.6) is 0 Å². The Labute approximate surface area is 683 Å². The lowest BCUT2D eigenvalue weighted by molar-refractivity contribution is -0.385. The summed E-state index contributed by atoms with van der Waals surface area (Å²) in [6.07, 6.45) is 42.7. The van der Waals surface area contributed by atoms with Crippen molar-refractivity contribution in [1.82, 2.24) is 9.80 Å². The lowest BCUT2D eigenvalue weighted by Gasteiger charge is -2.71. The molecule has 0 radical (unpaired) electrons. The summed E-state index contributed by atoms with van der Waals surface area (Å²) in [7, 11) is -1.13. The normalized spacial score (nSPS) is 42.7. The third kappa shape index (κ3) is 12.5. The summed E-state index contributed by atoms with van der Waals surface area (Å²) in [5.74, 6) is 33.3. The number of piperidine rings is 2. The first-order chi connectivity index (χ1) is 55.1. The maximum absolute atomic E-state index is 12.4. The fourth-order valence-electron chi connectivity index (χ4n) is 35.6. The highest BCUT2D eigenvalue weighted by molar-refractivity contribution is 9.09. The first-order valence-corrected chi connectivity index (χ1v) is 47.4. The van der Waals surface area contributed by atoms with Gasteiger partial charge in [-0.05, 0) is 351 Å². The van der Waals surface area contributed by atoms with Crippen LogP contribution in [0.4, 0.5) is 45.5 Å². The van der Waals surface area contributed by atoms with E-state index in [1.807, 2.05) is 0 Å². The molecule has 22 rings (SSSR count). The molecule has 4 aromatic rings. The highest BCUT2D eigenvalue weighted by atomic mass is 79.9. The van der Waals surface area contributed by atoms with Gasteiger partial charge < -0.3 is 32.2 Å². The van der Waals surface area contributed by atoms with E-state index in [0.717, 1.165) is 184 Å². The lowest BCUT2D eigenvalue weighted by Crippen LogP contribution is -2.66. The van der Waals surface area contributed by atoms with E-state index in [4.69, 9.17) is 32.2 Å². The van der Waals surface area contributed by atoms with Gasteiger partial charge in [-0.25, -0.2) is 0 Å². The zero-order valence-corrected chi connectivity index (χ0v) is 69.8. The molecule has 18 fully saturated rings. The monoisotopic (exact) mass is 1620 g/mol. The number of likely N-dealkylation sites (tertiary alicyclic amines) is 2. The van der Waals surface area contributed by atoms with E-state index in [1.165, 1.54) is 138 Å². The minimum atomic E-state index is -1.13. The number of nitro benzene ring substituents is 4. The second kappa shape index (κ2) is 30.1. The first kappa shape index (κ1) is 77.2. The molecule has 20 nitrogen and oxygen atoms in total. The predicted molar refractivity (Wildman–Crippen MR) is 452 cm³/mol. The van der Waals surface area contributed by atoms with Gasteiger partial charge in [0.15, 0.2) is 0 Å². The summed E-state index contributed by atoms with van der Waals surface area (Å²) >= 11 is 3.84. The minimum Gasteiger partial charge on any atom is -0.405 e. The molecule has 2 aliphatic heterocycles. The molecule has 0 spiro atoms. The molecule has 16 aliphatic carbocycles. The molecule has 4 aromatic carbocycles. The molecule has 18 aliphatic rings. The zero-order chi connectivity index (χ0) is 78.5. The number of hydrogen-bond donors (Lipinski definition) is 4. The Kier molecular flexibility index (Phi) is 20.4. The van der Waals surface area contributed by atoms with E-state index in [1.54, 1.807) is 130 Å². The van der Waals surface area contributed by atoms with E-state index >= 15 is 0 Å². The molecule has 8 N–H and O–H groups in total. The number of benzene rings is 4. The van der Waals surface area contributed by atoms with Gasteiger partial charge in [-0.3, -0.25) is 50.3 Å². The van der Waals surface area contributed by atoms with Crippen LogP contribution in [0.25, 0.3) is 21.5 Å². The van der Waals surface area contributed by atoms with E-state index in [-0.39, 0.29) is 78.9 Å². The second-order valence-corrected chi connectivity index (χ2v) is 42.7. The number of rotatable bonds is 12. The van der Waals surface area contributed by atoms with Gasteiger partial charge in [-0.2, -0.15) is 0 Å². The average Bonchev–Trinajstić information content (AvgIpc) is 0.692. The molecule has 114 heavy (non-hydrogen) atoms. The fraction of sp³-hybridized carbons (Fsp3) is 0.783. The van der Waals surface area contributed by atoms with Crippen molar-refractivity contribution in [3.05, 3.63) is 82.4 Å². The number of nitrogen functional groups attached to an aromatic ring is 4. The predicted octanol–water partition coefficient (Wildman–Crippen LogP) is 19.5. The Morgan fingerprint density at radius 2 is 0.649 bits per heavy atom. The van der Waals surface area contributed by atoms with Crippen molar-refractivity contribution in [3.8, 4) is 0 Å². The molecule has 616 valence electrons. The number of alkyl halides is 1. The molecule has 20 atom stereocenters. The molecule has 2 heterocycles. The Hall–Kier alpha value is -5.42. The van der Waals surface area contributed by atoms with Gasteiger partial charge in [0, 0.05) is 120 Å². The summed E-state index contributed by atoms with van der Waals surface area (Å²) in [5, 5.41) is 48.6. The van der Waals surface area contributed by atoms with Gasteiger partial charge in [0.2, 0.25) is 0 Å². The van der Waals surface area contributed by atoms with Crippen molar-refractivity contribution < 1.29 is 29.0 Å². The topological polar surface area (TPSA) is 302 Å². The largest absolute Gasteiger partial charge is 0.501 e. The van der Waals surface area contributed by atoms with Crippen molar-refractivity contribution in [2.24, 2.45) is 189 Å². The molecule has 22 heteroatoms. The van der Waals surface area contributed by atoms with E-state index in [9.17, 15) is 40.5 Å². The minimum absolute atomic E-state index is 0.0423. The van der Waals surface area contributed by atoms with Crippen LogP contribution >= 0.6 is 15.9 Å². The van der Waals surface area contributed by atoms with Gasteiger partial charge in [0.1, 0.15) is 0 Å². The molecular formula is C92H128BBrN10O10. The third-order valence-electron chi connectivity index (χ3n) is 37.7. The Bertz CT molecular complexity index is 4270. The number of halogens is 1. The van der Waals surface area contributed by atoms with Crippen molar-refractivity contribution in [2.75, 3.05) is 54.6 Å². The van der Waals surface area contributed by atoms with Crippen LogP contribution < -0.4 is 28.4 Å². The average molecular weight is 1620 g/mol. The molecular weight excluding hydrogens is 1500 g/mol. The summed E-state index contributed by atoms with van der Waals surface area (Å²) in [5.41, 5.74) is 25.8. The molecule has 2 saturated heterocycles. The number of nitrogens with two attached hydrogens (primary N) is 4. The smallest absolute Gasteiger partial charge is 0.405 e. The third-order valence-corrected chi connectivity index (χ3v) is 38.4. The van der Waals surface area contributed by atoms with Crippen LogP contribution in [-0.4, -0.2) is 80.5 Å². The summed E-state index contributed by atoms with van der Waals surface area (Å²) in [6.45, 7) is 12.1. The summed E-state index contributed by atoms with van der Waals surface area (Å²) < 4.78 is 11.5. The Morgan fingerprint density at radius 1 is 0.360 bits per heavy atom. The van der Waals surface area contributed by atoms with Crippen LogP contribution in [0, 0.1) is 230 Å². The number of fused-ring (bicyclic) bond motifs is 10. The van der Waals surface area contributed by atoms with Crippen LogP contribution in [-0.2, 0) is 15.9 Å². The molecule has 16 saturated carbocycles. The quantitative estimate of drug-likeness (QED) is 0.0256. The lowest BCUT2D eigenvalue weighted by atomic mass is 9.34. The SMILES string of the molecule is BrCN1CC2CCC3C4CCC5C6CCCC7CCCC(C8CCC(C9CCC(C1)C2C39)C4C58)C76.CC(C)OB(OC(C)C)c1c([N+](=O)[O-])cc(N)c2c(N)cc([N+](=O)[O-])cc12.Nc1cc([N+](=O)[O-])cc2c(CN3CC4CCC5C6CCC7C8CCCC9CCCC(C%10CCC(C%11CCC(C3)C4C5%11)C6C7%10)C98)c([N+](=O)[O-])cc(N)c12. The van der Waals surface area contributed by atoms with Gasteiger partial charge >= 0.3 is 7.12 Å². The zero-order valence-electron chi connectivity index (χ0n) is 68.2. The van der Waals surface area contributed by atoms with E-state index in [0.29, 0.717) is 34.7 Å². The second-order valence-electron chi connectivity index (χ2n) is 42.2. The van der Waals surface area contributed by atoms with Crippen LogP contribution in [0.3, 0.4) is 0 Å². The van der Waals surface area contributed by atoms with Gasteiger partial charge in [0.25, 0.3) is 22.7 Å². The number of anilines is 4. The van der Waals surface area contributed by atoms with E-state index in [2.05, 4.69) is 25.7 Å².